The van der Waals surface area contributed by atoms with Crippen LogP contribution in [0.25, 0.3) is 0 Å². The van der Waals surface area contributed by atoms with Crippen molar-refractivity contribution >= 4 is 0 Å². The van der Waals surface area contributed by atoms with Gasteiger partial charge in [-0.15, -0.1) is 13.2 Å². The number of ether oxygens (including phenoxy) is 1. The maximum atomic E-state index is 12.6. The third-order valence-electron chi connectivity index (χ3n) is 3.90. The lowest BCUT2D eigenvalue weighted by molar-refractivity contribution is -0.275. The number of hydrogen-bond acceptors (Lipinski definition) is 2. The van der Waals surface area contributed by atoms with E-state index in [2.05, 4.69) is 10.1 Å². The van der Waals surface area contributed by atoms with Gasteiger partial charge in [0.25, 0.3) is 0 Å². The molecule has 0 radical (unpaired) electrons. The fraction of sp³-hybridized carbons (Fsp3) is 0.625. The molecule has 0 spiro atoms. The molecule has 1 aromatic carbocycles. The van der Waals surface area contributed by atoms with Gasteiger partial charge >= 0.3 is 6.36 Å². The van der Waals surface area contributed by atoms with Crippen molar-refractivity contribution in [2.45, 2.75) is 51.3 Å². The number of hydrogen-bond donors (Lipinski definition) is 1. The number of alkyl halides is 3. The standard InChI is InChI=1S/C16H22F3NO/c1-11(2)14-7-6-12(9-15(14)21-16(17,18)19)13-5-3-4-8-20-10-13/h6-7,9,11,13,20H,3-5,8,10H2,1-2H3. The second-order valence-electron chi connectivity index (χ2n) is 5.90. The molecule has 1 aliphatic rings. The lowest BCUT2D eigenvalue weighted by Gasteiger charge is -2.20. The Hall–Kier alpha value is -1.23. The zero-order valence-corrected chi connectivity index (χ0v) is 12.5. The molecule has 5 heteroatoms. The molecular formula is C16H22F3NO. The Morgan fingerprint density at radius 1 is 1.24 bits per heavy atom. The Kier molecular flexibility index (Phi) is 5.14. The second-order valence-corrected chi connectivity index (χ2v) is 5.90. The molecule has 0 amide bonds. The summed E-state index contributed by atoms with van der Waals surface area (Å²) in [6.45, 7) is 5.52. The zero-order valence-electron chi connectivity index (χ0n) is 12.5. The maximum absolute atomic E-state index is 12.6. The van der Waals surface area contributed by atoms with E-state index in [9.17, 15) is 13.2 Å². The molecule has 1 unspecified atom stereocenters. The molecule has 2 rings (SSSR count). The van der Waals surface area contributed by atoms with Gasteiger partial charge < -0.3 is 10.1 Å². The lowest BCUT2D eigenvalue weighted by Crippen LogP contribution is -2.21. The van der Waals surface area contributed by atoms with Crippen molar-refractivity contribution < 1.29 is 17.9 Å². The minimum atomic E-state index is -4.65. The summed E-state index contributed by atoms with van der Waals surface area (Å²) in [6, 6.07) is 5.28. The number of nitrogens with one attached hydrogen (secondary N) is 1. The summed E-state index contributed by atoms with van der Waals surface area (Å²) >= 11 is 0. The van der Waals surface area contributed by atoms with Gasteiger partial charge in [-0.1, -0.05) is 32.4 Å². The zero-order chi connectivity index (χ0) is 15.5. The van der Waals surface area contributed by atoms with Crippen molar-refractivity contribution in [3.05, 3.63) is 29.3 Å². The minimum absolute atomic E-state index is 0.0105. The van der Waals surface area contributed by atoms with Crippen molar-refractivity contribution in [3.8, 4) is 5.75 Å². The number of halogens is 3. The first-order valence-corrected chi connectivity index (χ1v) is 7.47. The Balaban J connectivity index is 2.29. The average molecular weight is 301 g/mol. The maximum Gasteiger partial charge on any atom is 0.573 e. The van der Waals surface area contributed by atoms with Crippen LogP contribution < -0.4 is 10.1 Å². The molecule has 1 heterocycles. The van der Waals surface area contributed by atoms with E-state index in [1.165, 1.54) is 0 Å². The molecule has 1 fully saturated rings. The largest absolute Gasteiger partial charge is 0.573 e. The van der Waals surface area contributed by atoms with Crippen molar-refractivity contribution in [1.82, 2.24) is 5.32 Å². The summed E-state index contributed by atoms with van der Waals surface area (Å²) in [4.78, 5) is 0. The van der Waals surface area contributed by atoms with Gasteiger partial charge in [0.2, 0.25) is 0 Å². The molecule has 0 aromatic heterocycles. The first kappa shape index (κ1) is 16.1. The van der Waals surface area contributed by atoms with Gasteiger partial charge in [-0.25, -0.2) is 0 Å². The van der Waals surface area contributed by atoms with E-state index in [4.69, 9.17) is 0 Å². The highest BCUT2D eigenvalue weighted by molar-refractivity contribution is 5.41. The fourth-order valence-electron chi connectivity index (χ4n) is 2.80. The van der Waals surface area contributed by atoms with Gasteiger partial charge in [-0.3, -0.25) is 0 Å². The SMILES string of the molecule is CC(C)c1ccc(C2CCCCNC2)cc1OC(F)(F)F. The van der Waals surface area contributed by atoms with E-state index in [1.54, 1.807) is 12.1 Å². The molecule has 118 valence electrons. The molecule has 0 aliphatic carbocycles. The summed E-state index contributed by atoms with van der Waals surface area (Å²) in [5.41, 5.74) is 1.52. The van der Waals surface area contributed by atoms with Crippen molar-refractivity contribution in [2.75, 3.05) is 13.1 Å². The Morgan fingerprint density at radius 2 is 2.00 bits per heavy atom. The Morgan fingerprint density at radius 3 is 2.67 bits per heavy atom. The summed E-state index contributed by atoms with van der Waals surface area (Å²) in [5.74, 6) is 0.187. The smallest absolute Gasteiger partial charge is 0.405 e. The molecular weight excluding hydrogens is 279 g/mol. The van der Waals surface area contributed by atoms with E-state index < -0.39 is 6.36 Å². The highest BCUT2D eigenvalue weighted by Gasteiger charge is 2.32. The van der Waals surface area contributed by atoms with Crippen LogP contribution in [-0.2, 0) is 0 Å². The predicted octanol–water partition coefficient (Wildman–Crippen LogP) is 4.57. The van der Waals surface area contributed by atoms with Crippen LogP contribution in [0.1, 0.15) is 56.1 Å². The van der Waals surface area contributed by atoms with Gasteiger partial charge in [-0.05, 0) is 48.4 Å². The van der Waals surface area contributed by atoms with Crippen molar-refractivity contribution in [3.63, 3.8) is 0 Å². The Labute approximate surface area is 123 Å². The molecule has 21 heavy (non-hydrogen) atoms. The summed E-state index contributed by atoms with van der Waals surface area (Å²) in [6.07, 6.45) is -1.44. The van der Waals surface area contributed by atoms with Crippen LogP contribution in [0.2, 0.25) is 0 Å². The molecule has 2 nitrogen and oxygen atoms in total. The fourth-order valence-corrected chi connectivity index (χ4v) is 2.80. The van der Waals surface area contributed by atoms with Gasteiger partial charge in [0, 0.05) is 6.54 Å². The quantitative estimate of drug-likeness (QED) is 0.883. The molecule has 1 N–H and O–H groups in total. The van der Waals surface area contributed by atoms with Crippen LogP contribution in [0.4, 0.5) is 13.2 Å². The second kappa shape index (κ2) is 6.69. The van der Waals surface area contributed by atoms with E-state index >= 15 is 0 Å². The van der Waals surface area contributed by atoms with Gasteiger partial charge in [-0.2, -0.15) is 0 Å². The van der Waals surface area contributed by atoms with Crippen LogP contribution in [-0.4, -0.2) is 19.5 Å². The molecule has 1 atom stereocenters. The topological polar surface area (TPSA) is 21.3 Å². The molecule has 1 saturated heterocycles. The molecule has 1 aromatic rings. The van der Waals surface area contributed by atoms with Crippen LogP contribution in [0, 0.1) is 0 Å². The van der Waals surface area contributed by atoms with E-state index in [1.807, 2.05) is 19.9 Å². The van der Waals surface area contributed by atoms with Gasteiger partial charge in [0.15, 0.2) is 0 Å². The van der Waals surface area contributed by atoms with Crippen LogP contribution in [0.5, 0.6) is 5.75 Å². The van der Waals surface area contributed by atoms with E-state index in [-0.39, 0.29) is 17.6 Å². The number of rotatable bonds is 3. The summed E-state index contributed by atoms with van der Waals surface area (Å²) < 4.78 is 42.0. The van der Waals surface area contributed by atoms with Crippen LogP contribution in [0.3, 0.4) is 0 Å². The van der Waals surface area contributed by atoms with Crippen LogP contribution >= 0.6 is 0 Å². The molecule has 1 aliphatic heterocycles. The van der Waals surface area contributed by atoms with E-state index in [0.29, 0.717) is 5.56 Å². The number of benzene rings is 1. The van der Waals surface area contributed by atoms with Gasteiger partial charge in [0.1, 0.15) is 5.75 Å². The highest BCUT2D eigenvalue weighted by atomic mass is 19.4. The summed E-state index contributed by atoms with van der Waals surface area (Å²) in [7, 11) is 0. The highest BCUT2D eigenvalue weighted by Crippen LogP contribution is 2.35. The third-order valence-corrected chi connectivity index (χ3v) is 3.90. The van der Waals surface area contributed by atoms with Crippen LogP contribution in [0.15, 0.2) is 18.2 Å². The third kappa shape index (κ3) is 4.63. The lowest BCUT2D eigenvalue weighted by atomic mass is 9.91. The van der Waals surface area contributed by atoms with Crippen molar-refractivity contribution in [2.24, 2.45) is 0 Å². The first-order chi connectivity index (χ1) is 9.87. The normalized spacial score (nSPS) is 20.4. The molecule has 0 bridgehead atoms. The molecule has 0 saturated carbocycles. The van der Waals surface area contributed by atoms with Gasteiger partial charge in [0.05, 0.1) is 0 Å². The minimum Gasteiger partial charge on any atom is -0.405 e. The van der Waals surface area contributed by atoms with E-state index in [0.717, 1.165) is 37.9 Å². The Bertz CT molecular complexity index is 463. The first-order valence-electron chi connectivity index (χ1n) is 7.47. The predicted molar refractivity (Wildman–Crippen MR) is 76.7 cm³/mol. The monoisotopic (exact) mass is 301 g/mol. The van der Waals surface area contributed by atoms with Crippen molar-refractivity contribution in [1.29, 1.82) is 0 Å². The summed E-state index contributed by atoms with van der Waals surface area (Å²) in [5, 5.41) is 3.34. The average Bonchev–Trinajstić information content (AvgIpc) is 2.65.